The average molecular weight is 413 g/mol. The molecule has 0 unspecified atom stereocenters. The standard InChI is InChI=1S/C25H17ClN2O2/c26-20-14-8-7-13-18(20)21-19(15-27)25(28)30-24(17-11-5-2-6-12-17)22(21)23(29)16-9-3-1-4-10-16/h1-14,21H,28H2/t21-/m0/s1. The van der Waals surface area contributed by atoms with E-state index in [1.54, 1.807) is 42.5 Å². The van der Waals surface area contributed by atoms with Gasteiger partial charge in [-0.2, -0.15) is 5.26 Å². The highest BCUT2D eigenvalue weighted by Crippen LogP contribution is 2.45. The second kappa shape index (κ2) is 8.28. The summed E-state index contributed by atoms with van der Waals surface area (Å²) >= 11 is 6.49. The molecule has 0 fully saturated rings. The van der Waals surface area contributed by atoms with Gasteiger partial charge in [0.15, 0.2) is 5.78 Å². The maximum Gasteiger partial charge on any atom is 0.205 e. The summed E-state index contributed by atoms with van der Waals surface area (Å²) in [5.74, 6) is -0.711. The number of hydrogen-bond acceptors (Lipinski definition) is 4. The topological polar surface area (TPSA) is 76.1 Å². The van der Waals surface area contributed by atoms with Gasteiger partial charge in [0.1, 0.15) is 17.4 Å². The predicted molar refractivity (Wildman–Crippen MR) is 116 cm³/mol. The van der Waals surface area contributed by atoms with Crippen LogP contribution in [-0.2, 0) is 4.74 Å². The summed E-state index contributed by atoms with van der Waals surface area (Å²) in [5.41, 5.74) is 8.42. The van der Waals surface area contributed by atoms with E-state index in [1.807, 2.05) is 42.5 Å². The van der Waals surface area contributed by atoms with Crippen LogP contribution in [0.3, 0.4) is 0 Å². The van der Waals surface area contributed by atoms with Gasteiger partial charge in [-0.15, -0.1) is 0 Å². The molecule has 1 aliphatic heterocycles. The first kappa shape index (κ1) is 19.5. The summed E-state index contributed by atoms with van der Waals surface area (Å²) in [6.07, 6.45) is 0. The Morgan fingerprint density at radius 3 is 2.17 bits per heavy atom. The van der Waals surface area contributed by atoms with Crippen molar-refractivity contribution in [1.82, 2.24) is 0 Å². The van der Waals surface area contributed by atoms with Crippen molar-refractivity contribution in [2.24, 2.45) is 5.73 Å². The van der Waals surface area contributed by atoms with Gasteiger partial charge in [0.25, 0.3) is 0 Å². The zero-order valence-electron chi connectivity index (χ0n) is 15.9. The molecule has 1 atom stereocenters. The molecule has 0 radical (unpaired) electrons. The van der Waals surface area contributed by atoms with Crippen LogP contribution in [-0.4, -0.2) is 5.78 Å². The molecule has 3 aromatic rings. The van der Waals surface area contributed by atoms with E-state index >= 15 is 0 Å². The van der Waals surface area contributed by atoms with Gasteiger partial charge in [-0.05, 0) is 11.6 Å². The number of Topliss-reactive ketones (excluding diaryl/α,β-unsaturated/α-hetero) is 1. The monoisotopic (exact) mass is 412 g/mol. The van der Waals surface area contributed by atoms with Crippen LogP contribution in [0, 0.1) is 11.3 Å². The summed E-state index contributed by atoms with van der Waals surface area (Å²) in [4.78, 5) is 13.7. The number of ketones is 1. The number of hydrogen-bond donors (Lipinski definition) is 1. The summed E-state index contributed by atoms with van der Waals surface area (Å²) in [7, 11) is 0. The Morgan fingerprint density at radius 1 is 0.933 bits per heavy atom. The number of benzene rings is 3. The van der Waals surface area contributed by atoms with Crippen LogP contribution < -0.4 is 5.73 Å². The van der Waals surface area contributed by atoms with Crippen molar-refractivity contribution in [3.63, 3.8) is 0 Å². The number of carbonyl (C=O) groups is 1. The van der Waals surface area contributed by atoms with E-state index in [2.05, 4.69) is 6.07 Å². The fourth-order valence-corrected chi connectivity index (χ4v) is 3.81. The quantitative estimate of drug-likeness (QED) is 0.578. The van der Waals surface area contributed by atoms with Gasteiger partial charge >= 0.3 is 0 Å². The average Bonchev–Trinajstić information content (AvgIpc) is 2.79. The fourth-order valence-electron chi connectivity index (χ4n) is 3.56. The smallest absolute Gasteiger partial charge is 0.205 e. The van der Waals surface area contributed by atoms with Crippen molar-refractivity contribution in [3.05, 3.63) is 124 Å². The Labute approximate surface area is 179 Å². The summed E-state index contributed by atoms with van der Waals surface area (Å²) in [6, 6.07) is 27.4. The Balaban J connectivity index is 2.03. The predicted octanol–water partition coefficient (Wildman–Crippen LogP) is 5.44. The van der Waals surface area contributed by atoms with Crippen LogP contribution in [0.1, 0.15) is 27.4 Å². The molecule has 2 N–H and O–H groups in total. The molecule has 4 rings (SSSR count). The van der Waals surface area contributed by atoms with E-state index in [0.29, 0.717) is 33.0 Å². The van der Waals surface area contributed by atoms with Crippen LogP contribution in [0.4, 0.5) is 0 Å². The maximum atomic E-state index is 13.7. The summed E-state index contributed by atoms with van der Waals surface area (Å²) in [5, 5.41) is 10.3. The van der Waals surface area contributed by atoms with Crippen molar-refractivity contribution >= 4 is 23.1 Å². The second-order valence-corrected chi connectivity index (χ2v) is 7.16. The third kappa shape index (κ3) is 3.47. The SMILES string of the molecule is N#CC1=C(N)OC(c2ccccc2)=C(C(=O)c2ccccc2)[C@H]1c1ccccc1Cl. The summed E-state index contributed by atoms with van der Waals surface area (Å²) in [6.45, 7) is 0. The molecule has 0 saturated carbocycles. The number of carbonyl (C=O) groups excluding carboxylic acids is 1. The molecule has 3 aromatic carbocycles. The zero-order valence-corrected chi connectivity index (χ0v) is 16.6. The van der Waals surface area contributed by atoms with Gasteiger partial charge in [-0.25, -0.2) is 0 Å². The van der Waals surface area contributed by atoms with Crippen LogP contribution in [0.5, 0.6) is 0 Å². The molecule has 0 amide bonds. The number of allylic oxidation sites excluding steroid dienone is 2. The summed E-state index contributed by atoms with van der Waals surface area (Å²) < 4.78 is 5.87. The molecule has 4 nitrogen and oxygen atoms in total. The van der Waals surface area contributed by atoms with Crippen LogP contribution in [0.15, 0.2) is 102 Å². The lowest BCUT2D eigenvalue weighted by Gasteiger charge is -2.29. The lowest BCUT2D eigenvalue weighted by Crippen LogP contribution is -2.25. The molecule has 0 spiro atoms. The van der Waals surface area contributed by atoms with E-state index in [4.69, 9.17) is 22.1 Å². The highest BCUT2D eigenvalue weighted by atomic mass is 35.5. The Kier molecular flexibility index (Phi) is 5.38. The molecular formula is C25H17ClN2O2. The van der Waals surface area contributed by atoms with Gasteiger partial charge in [0.2, 0.25) is 5.88 Å². The minimum Gasteiger partial charge on any atom is -0.439 e. The molecule has 5 heteroatoms. The molecule has 0 saturated heterocycles. The molecular weight excluding hydrogens is 396 g/mol. The minimum atomic E-state index is -0.750. The molecule has 0 aliphatic carbocycles. The number of rotatable bonds is 4. The number of nitriles is 1. The van der Waals surface area contributed by atoms with Gasteiger partial charge in [0.05, 0.1) is 11.5 Å². The first-order chi connectivity index (χ1) is 14.6. The van der Waals surface area contributed by atoms with Crippen molar-refractivity contribution in [3.8, 4) is 6.07 Å². The van der Waals surface area contributed by atoms with E-state index in [1.165, 1.54) is 0 Å². The third-order valence-corrected chi connectivity index (χ3v) is 5.30. The van der Waals surface area contributed by atoms with E-state index in [-0.39, 0.29) is 17.2 Å². The van der Waals surface area contributed by atoms with Gasteiger partial charge < -0.3 is 10.5 Å². The maximum absolute atomic E-state index is 13.7. The highest BCUT2D eigenvalue weighted by Gasteiger charge is 2.38. The van der Waals surface area contributed by atoms with Crippen molar-refractivity contribution in [1.29, 1.82) is 5.26 Å². The van der Waals surface area contributed by atoms with Crippen LogP contribution >= 0.6 is 11.6 Å². The normalized spacial score (nSPS) is 16.1. The molecule has 0 bridgehead atoms. The number of nitrogens with two attached hydrogens (primary N) is 1. The first-order valence-corrected chi connectivity index (χ1v) is 9.71. The van der Waals surface area contributed by atoms with Crippen molar-refractivity contribution in [2.75, 3.05) is 0 Å². The molecule has 1 aliphatic rings. The second-order valence-electron chi connectivity index (χ2n) is 6.75. The molecule has 1 heterocycles. The lowest BCUT2D eigenvalue weighted by molar-refractivity contribution is 0.102. The highest BCUT2D eigenvalue weighted by molar-refractivity contribution is 6.31. The third-order valence-electron chi connectivity index (χ3n) is 4.95. The number of nitrogens with zero attached hydrogens (tertiary/aromatic N) is 1. The van der Waals surface area contributed by atoms with Gasteiger partial charge in [-0.3, -0.25) is 4.79 Å². The van der Waals surface area contributed by atoms with Gasteiger partial charge in [0, 0.05) is 16.1 Å². The van der Waals surface area contributed by atoms with Crippen LogP contribution in [0.2, 0.25) is 5.02 Å². The minimum absolute atomic E-state index is 0.0362. The molecule has 146 valence electrons. The Hall–Kier alpha value is -3.81. The zero-order chi connectivity index (χ0) is 21.1. The number of halogens is 1. The van der Waals surface area contributed by atoms with E-state index < -0.39 is 5.92 Å². The Morgan fingerprint density at radius 2 is 1.53 bits per heavy atom. The lowest BCUT2D eigenvalue weighted by atomic mass is 9.79. The number of ether oxygens (including phenoxy) is 1. The fraction of sp³-hybridized carbons (Fsp3) is 0.0400. The molecule has 30 heavy (non-hydrogen) atoms. The first-order valence-electron chi connectivity index (χ1n) is 9.33. The van der Waals surface area contributed by atoms with E-state index in [9.17, 15) is 10.1 Å². The van der Waals surface area contributed by atoms with Crippen molar-refractivity contribution in [2.45, 2.75) is 5.92 Å². The molecule has 0 aromatic heterocycles. The largest absolute Gasteiger partial charge is 0.439 e. The van der Waals surface area contributed by atoms with Gasteiger partial charge in [-0.1, -0.05) is 90.5 Å². The van der Waals surface area contributed by atoms with Crippen LogP contribution in [0.25, 0.3) is 5.76 Å². The Bertz CT molecular complexity index is 1210. The van der Waals surface area contributed by atoms with E-state index in [0.717, 1.165) is 0 Å². The van der Waals surface area contributed by atoms with Crippen molar-refractivity contribution < 1.29 is 9.53 Å².